The van der Waals surface area contributed by atoms with Gasteiger partial charge < -0.3 is 0 Å². The number of nitrogens with one attached hydrogen (secondary N) is 1. The molecule has 10 heavy (non-hydrogen) atoms. The van der Waals surface area contributed by atoms with Crippen LogP contribution in [0.15, 0.2) is 0 Å². The van der Waals surface area contributed by atoms with E-state index in [1.165, 1.54) is 13.8 Å². The molecule has 0 unspecified atom stereocenters. The molecule has 0 aromatic carbocycles. The highest BCUT2D eigenvalue weighted by Crippen LogP contribution is 2.12. The van der Waals surface area contributed by atoms with E-state index in [2.05, 4.69) is 20.5 Å². The van der Waals surface area contributed by atoms with Crippen LogP contribution in [0.5, 0.6) is 0 Å². The molecule has 0 aliphatic carbocycles. The van der Waals surface area contributed by atoms with Crippen molar-refractivity contribution in [3.63, 3.8) is 0 Å². The van der Waals surface area contributed by atoms with Crippen molar-refractivity contribution in [2.75, 3.05) is 6.54 Å². The summed E-state index contributed by atoms with van der Waals surface area (Å²) in [6.45, 7) is 3.01. The second kappa shape index (κ2) is 3.17. The zero-order valence-electron chi connectivity index (χ0n) is 5.76. The van der Waals surface area contributed by atoms with Crippen LogP contribution in [0.25, 0.3) is 0 Å². The fraction of sp³-hybridized carbons (Fsp3) is 1.00. The number of hydrogen-bond acceptors (Lipinski definition) is 3. The van der Waals surface area contributed by atoms with Crippen LogP contribution in [-0.4, -0.2) is 24.3 Å². The van der Waals surface area contributed by atoms with Gasteiger partial charge in [-0.25, -0.2) is 0 Å². The molecule has 0 amide bonds. The highest BCUT2D eigenvalue weighted by molar-refractivity contribution is 9.08. The zero-order valence-corrected chi connectivity index (χ0v) is 8.16. The molecule has 0 aromatic heterocycles. The molecule has 0 radical (unpaired) electrons. The lowest BCUT2D eigenvalue weighted by Gasteiger charge is -2.18. The molecule has 0 aromatic rings. The summed E-state index contributed by atoms with van der Waals surface area (Å²) in [7, 11) is -3.96. The van der Waals surface area contributed by atoms with E-state index >= 15 is 0 Å². The maximum Gasteiger partial charge on any atom is 0.271 e. The average molecular weight is 232 g/mol. The van der Waals surface area contributed by atoms with Gasteiger partial charge in [0.1, 0.15) is 4.75 Å². The monoisotopic (exact) mass is 231 g/mol. The second-order valence-corrected chi connectivity index (χ2v) is 5.16. The maximum absolute atomic E-state index is 10.5. The van der Waals surface area contributed by atoms with Gasteiger partial charge in [0, 0.05) is 22.7 Å². The Bertz CT molecular complexity index is 199. The first-order valence-corrected chi connectivity index (χ1v) is 4.85. The maximum atomic E-state index is 10.5. The minimum Gasteiger partial charge on any atom is -0.285 e. The first-order chi connectivity index (χ1) is 4.31. The van der Waals surface area contributed by atoms with Crippen LogP contribution in [0.1, 0.15) is 13.8 Å². The van der Waals surface area contributed by atoms with E-state index < -0.39 is 14.9 Å². The van der Waals surface area contributed by atoms with Crippen molar-refractivity contribution in [3.8, 4) is 0 Å². The van der Waals surface area contributed by atoms with Gasteiger partial charge in [-0.2, -0.15) is 8.42 Å². The van der Waals surface area contributed by atoms with Crippen LogP contribution < -0.4 is 4.34 Å². The molecule has 0 heterocycles. The number of halogens is 1. The third-order valence-corrected chi connectivity index (χ3v) is 3.01. The Labute approximate surface area is 69.1 Å². The minimum atomic E-state index is -3.96. The van der Waals surface area contributed by atoms with Crippen molar-refractivity contribution in [2.24, 2.45) is 0 Å². The van der Waals surface area contributed by atoms with Crippen molar-refractivity contribution < 1.29 is 13.0 Å². The molecule has 0 bridgehead atoms. The van der Waals surface area contributed by atoms with Gasteiger partial charge in [-0.1, -0.05) is 0 Å². The third-order valence-electron chi connectivity index (χ3n) is 1.19. The Morgan fingerprint density at radius 2 is 2.00 bits per heavy atom. The van der Waals surface area contributed by atoms with Crippen LogP contribution >= 0.6 is 16.1 Å². The van der Waals surface area contributed by atoms with Crippen LogP contribution in [0.3, 0.4) is 0 Å². The molecule has 0 spiro atoms. The van der Waals surface area contributed by atoms with Gasteiger partial charge in [0.05, 0.1) is 0 Å². The van der Waals surface area contributed by atoms with E-state index in [1.54, 1.807) is 0 Å². The largest absolute Gasteiger partial charge is 0.285 e. The Hall–Kier alpha value is 0.350. The van der Waals surface area contributed by atoms with Crippen LogP contribution in [0.4, 0.5) is 0 Å². The molecule has 6 heteroatoms. The summed E-state index contributed by atoms with van der Waals surface area (Å²) in [6, 6.07) is 0. The van der Waals surface area contributed by atoms with Gasteiger partial charge in [0.15, 0.2) is 0 Å². The summed E-state index contributed by atoms with van der Waals surface area (Å²) in [4.78, 5) is 0. The summed E-state index contributed by atoms with van der Waals surface area (Å²) < 4.78 is 31.0. The van der Waals surface area contributed by atoms with Gasteiger partial charge in [-0.3, -0.25) is 8.90 Å². The zero-order chi connectivity index (χ0) is 8.41. The Kier molecular flexibility index (Phi) is 3.28. The molecular weight excluding hydrogens is 222 g/mol. The fourth-order valence-corrected chi connectivity index (χ4v) is 1.39. The topological polar surface area (TPSA) is 66.4 Å². The van der Waals surface area contributed by atoms with Gasteiger partial charge >= 0.3 is 0 Å². The predicted octanol–water partition coefficient (Wildman–Crippen LogP) is 0.552. The summed E-state index contributed by atoms with van der Waals surface area (Å²) >= 11 is 2.85. The fourth-order valence-electron chi connectivity index (χ4n) is 0.252. The predicted molar refractivity (Wildman–Crippen MR) is 42.6 cm³/mol. The van der Waals surface area contributed by atoms with Gasteiger partial charge in [-0.15, -0.1) is 0 Å². The van der Waals surface area contributed by atoms with E-state index in [4.69, 9.17) is 4.55 Å². The van der Waals surface area contributed by atoms with Crippen LogP contribution in [-0.2, 0) is 10.1 Å². The molecule has 0 aliphatic rings. The van der Waals surface area contributed by atoms with Crippen molar-refractivity contribution in [1.29, 1.82) is 0 Å². The van der Waals surface area contributed by atoms with E-state index in [1.807, 2.05) is 0 Å². The van der Waals surface area contributed by atoms with Crippen LogP contribution in [0.2, 0.25) is 0 Å². The first kappa shape index (κ1) is 10.3. The summed E-state index contributed by atoms with van der Waals surface area (Å²) in [6.07, 6.45) is 0. The molecule has 0 fully saturated rings. The van der Waals surface area contributed by atoms with Crippen molar-refractivity contribution >= 4 is 26.3 Å². The number of rotatable bonds is 3. The van der Waals surface area contributed by atoms with E-state index in [0.29, 0.717) is 0 Å². The molecule has 0 atom stereocenters. The first-order valence-electron chi connectivity index (χ1n) is 2.62. The molecule has 0 aliphatic heterocycles. The molecule has 2 N–H and O–H groups in total. The van der Waals surface area contributed by atoms with Crippen LogP contribution in [0, 0.1) is 0 Å². The normalized spacial score (nSPS) is 13.6. The highest BCUT2D eigenvalue weighted by atomic mass is 79.9. The summed E-state index contributed by atoms with van der Waals surface area (Å²) in [5, 5.41) is 0. The molecular formula is C4H10BrNO3S. The van der Waals surface area contributed by atoms with Crippen molar-refractivity contribution in [1.82, 2.24) is 4.34 Å². The highest BCUT2D eigenvalue weighted by Gasteiger charge is 2.31. The smallest absolute Gasteiger partial charge is 0.271 e. The van der Waals surface area contributed by atoms with Crippen molar-refractivity contribution in [2.45, 2.75) is 18.6 Å². The van der Waals surface area contributed by atoms with Crippen molar-refractivity contribution in [3.05, 3.63) is 0 Å². The lowest BCUT2D eigenvalue weighted by atomic mass is 10.2. The van der Waals surface area contributed by atoms with E-state index in [-0.39, 0.29) is 6.54 Å². The average Bonchev–Trinajstić information content (AvgIpc) is 1.61. The van der Waals surface area contributed by atoms with E-state index in [9.17, 15) is 8.42 Å². The van der Waals surface area contributed by atoms with Gasteiger partial charge in [-0.05, 0) is 13.8 Å². The minimum absolute atomic E-state index is 0.159. The SMILES string of the molecule is CC(C)(CNBr)S(=O)(=O)O. The van der Waals surface area contributed by atoms with Gasteiger partial charge in [0.2, 0.25) is 0 Å². The standard InChI is InChI=1S/C4H10BrNO3S/c1-4(2,3-6-5)10(7,8)9/h6H,3H2,1-2H3,(H,7,8,9). The lowest BCUT2D eigenvalue weighted by Crippen LogP contribution is -2.39. The summed E-state index contributed by atoms with van der Waals surface area (Å²) in [5.74, 6) is 0. The van der Waals surface area contributed by atoms with E-state index in [0.717, 1.165) is 0 Å². The Morgan fingerprint density at radius 1 is 1.60 bits per heavy atom. The van der Waals surface area contributed by atoms with Gasteiger partial charge in [0.25, 0.3) is 10.1 Å². The summed E-state index contributed by atoms with van der Waals surface area (Å²) in [5.41, 5.74) is 0. The molecule has 0 saturated heterocycles. The second-order valence-electron chi connectivity index (χ2n) is 2.55. The number of hydrogen-bond donors (Lipinski definition) is 2. The molecule has 4 nitrogen and oxygen atoms in total. The Balaban J connectivity index is 4.42. The third kappa shape index (κ3) is 2.53. The lowest BCUT2D eigenvalue weighted by molar-refractivity contribution is 0.441. The molecule has 0 rings (SSSR count). The Morgan fingerprint density at radius 3 is 2.10 bits per heavy atom. The molecule has 62 valence electrons. The molecule has 0 saturated carbocycles. The quantitative estimate of drug-likeness (QED) is 0.551.